The minimum Gasteiger partial charge on any atom is -0.481 e. The Bertz CT molecular complexity index is 493. The lowest BCUT2D eigenvalue weighted by molar-refractivity contribution is -0.384. The number of nitrogens with zero attached hydrogens (tertiary/aromatic N) is 2. The van der Waals surface area contributed by atoms with E-state index in [0.29, 0.717) is 12.2 Å². The van der Waals surface area contributed by atoms with E-state index < -0.39 is 10.9 Å². The number of aliphatic carboxylic acids is 1. The average molecular weight is 287 g/mol. The third-order valence-corrected chi connectivity index (χ3v) is 3.11. The summed E-state index contributed by atoms with van der Waals surface area (Å²) in [5.41, 5.74) is 0.150. The summed E-state index contributed by atoms with van der Waals surface area (Å²) >= 11 is 5.85. The van der Waals surface area contributed by atoms with Gasteiger partial charge in [0.25, 0.3) is 0 Å². The lowest BCUT2D eigenvalue weighted by Gasteiger charge is -2.28. The molecule has 0 spiro atoms. The highest BCUT2D eigenvalue weighted by Gasteiger charge is 2.25. The molecule has 0 aromatic heterocycles. The minimum atomic E-state index is -0.948. The summed E-state index contributed by atoms with van der Waals surface area (Å²) < 4.78 is 0. The molecule has 19 heavy (non-hydrogen) atoms. The fourth-order valence-electron chi connectivity index (χ4n) is 2.00. The first-order valence-corrected chi connectivity index (χ1v) is 6.17. The van der Waals surface area contributed by atoms with Gasteiger partial charge in [-0.1, -0.05) is 17.7 Å². The highest BCUT2D eigenvalue weighted by atomic mass is 35.5. The summed E-state index contributed by atoms with van der Waals surface area (Å²) in [4.78, 5) is 23.0. The molecule has 0 bridgehead atoms. The van der Waals surface area contributed by atoms with E-state index in [2.05, 4.69) is 0 Å². The molecule has 104 valence electrons. The van der Waals surface area contributed by atoms with Gasteiger partial charge in [0.2, 0.25) is 0 Å². The molecular formula is C12H15ClN2O4. The molecular weight excluding hydrogens is 272 g/mol. The van der Waals surface area contributed by atoms with Crippen LogP contribution in [-0.4, -0.2) is 28.6 Å². The van der Waals surface area contributed by atoms with Gasteiger partial charge in [-0.2, -0.15) is 0 Å². The van der Waals surface area contributed by atoms with Gasteiger partial charge in [-0.05, 0) is 26.0 Å². The Balaban J connectivity index is 3.21. The molecule has 1 aromatic rings. The molecule has 1 N–H and O–H groups in total. The first kappa shape index (κ1) is 15.2. The number of halogens is 1. The molecule has 0 aliphatic heterocycles. The van der Waals surface area contributed by atoms with Crippen LogP contribution >= 0.6 is 11.6 Å². The Labute approximate surface area is 115 Å². The first-order valence-electron chi connectivity index (χ1n) is 5.79. The maximum atomic E-state index is 11.1. The van der Waals surface area contributed by atoms with Crippen molar-refractivity contribution in [3.63, 3.8) is 0 Å². The van der Waals surface area contributed by atoms with Crippen LogP contribution in [0.3, 0.4) is 0 Å². The summed E-state index contributed by atoms with van der Waals surface area (Å²) in [6, 6.07) is 4.27. The number of carboxylic acid groups (broad SMARTS) is 1. The number of rotatable bonds is 6. The van der Waals surface area contributed by atoms with Crippen LogP contribution in [0.2, 0.25) is 5.02 Å². The highest BCUT2D eigenvalue weighted by Crippen LogP contribution is 2.36. The molecule has 1 aromatic carbocycles. The highest BCUT2D eigenvalue weighted by molar-refractivity contribution is 6.33. The number of para-hydroxylation sites is 1. The predicted molar refractivity (Wildman–Crippen MR) is 72.8 cm³/mol. The van der Waals surface area contributed by atoms with Crippen LogP contribution in [0.15, 0.2) is 18.2 Å². The van der Waals surface area contributed by atoms with E-state index >= 15 is 0 Å². The van der Waals surface area contributed by atoms with E-state index in [9.17, 15) is 14.9 Å². The molecule has 6 nitrogen and oxygen atoms in total. The molecule has 0 radical (unpaired) electrons. The fourth-order valence-corrected chi connectivity index (χ4v) is 2.24. The molecule has 0 fully saturated rings. The van der Waals surface area contributed by atoms with Crippen molar-refractivity contribution < 1.29 is 14.8 Å². The average Bonchev–Trinajstić information content (AvgIpc) is 2.28. The van der Waals surface area contributed by atoms with Gasteiger partial charge in [-0.25, -0.2) is 0 Å². The Hall–Kier alpha value is -1.82. The van der Waals surface area contributed by atoms with E-state index in [0.717, 1.165) is 0 Å². The normalized spacial score (nSPS) is 11.9. The van der Waals surface area contributed by atoms with Crippen molar-refractivity contribution in [3.05, 3.63) is 33.3 Å². The number of carboxylic acids is 1. The van der Waals surface area contributed by atoms with Crippen molar-refractivity contribution in [1.29, 1.82) is 0 Å². The third-order valence-electron chi connectivity index (χ3n) is 2.80. The van der Waals surface area contributed by atoms with Gasteiger partial charge in [0.05, 0.1) is 11.3 Å². The van der Waals surface area contributed by atoms with E-state index in [1.54, 1.807) is 24.0 Å². The molecule has 7 heteroatoms. The first-order chi connectivity index (χ1) is 8.88. The van der Waals surface area contributed by atoms with Crippen molar-refractivity contribution in [2.24, 2.45) is 0 Å². The van der Waals surface area contributed by atoms with Gasteiger partial charge in [-0.15, -0.1) is 0 Å². The Morgan fingerprint density at radius 1 is 1.58 bits per heavy atom. The Morgan fingerprint density at radius 3 is 2.68 bits per heavy atom. The molecule has 0 aliphatic carbocycles. The number of carbonyl (C=O) groups is 1. The SMILES string of the molecule is CCN(c1cccc(Cl)c1[N+](=O)[O-])C(C)CC(=O)O. The Kier molecular flexibility index (Phi) is 5.11. The van der Waals surface area contributed by atoms with Crippen LogP contribution in [-0.2, 0) is 4.79 Å². The third kappa shape index (κ3) is 3.57. The van der Waals surface area contributed by atoms with Crippen molar-refractivity contribution in [1.82, 2.24) is 0 Å². The molecule has 0 heterocycles. The zero-order valence-electron chi connectivity index (χ0n) is 10.7. The van der Waals surface area contributed by atoms with Crippen molar-refractivity contribution in [2.75, 3.05) is 11.4 Å². The number of hydrogen-bond donors (Lipinski definition) is 1. The van der Waals surface area contributed by atoms with Crippen molar-refractivity contribution in [2.45, 2.75) is 26.3 Å². The summed E-state index contributed by atoms with van der Waals surface area (Å²) in [5, 5.41) is 20.0. The second-order valence-corrected chi connectivity index (χ2v) is 4.50. The van der Waals surface area contributed by atoms with Crippen LogP contribution in [0, 0.1) is 10.1 Å². The number of benzene rings is 1. The zero-order chi connectivity index (χ0) is 14.6. The topological polar surface area (TPSA) is 83.7 Å². The molecule has 1 unspecified atom stereocenters. The largest absolute Gasteiger partial charge is 0.481 e. The lowest BCUT2D eigenvalue weighted by Crippen LogP contribution is -2.35. The van der Waals surface area contributed by atoms with Gasteiger partial charge in [-0.3, -0.25) is 14.9 Å². The lowest BCUT2D eigenvalue weighted by atomic mass is 10.1. The molecule has 0 aliphatic rings. The predicted octanol–water partition coefficient (Wildman–Crippen LogP) is 2.94. The van der Waals surface area contributed by atoms with Crippen LogP contribution in [0.5, 0.6) is 0 Å². The standard InChI is InChI=1S/C12H15ClN2O4/c1-3-14(8(2)7-11(16)17)10-6-4-5-9(13)12(10)15(18)19/h4-6,8H,3,7H2,1-2H3,(H,16,17). The van der Waals surface area contributed by atoms with Gasteiger partial charge >= 0.3 is 11.7 Å². The quantitative estimate of drug-likeness (QED) is 0.642. The van der Waals surface area contributed by atoms with Crippen LogP contribution < -0.4 is 4.90 Å². The monoisotopic (exact) mass is 286 g/mol. The summed E-state index contributed by atoms with van der Waals surface area (Å²) in [7, 11) is 0. The summed E-state index contributed by atoms with van der Waals surface area (Å²) in [6.07, 6.45) is -0.0997. The van der Waals surface area contributed by atoms with Crippen LogP contribution in [0.1, 0.15) is 20.3 Å². The van der Waals surface area contributed by atoms with E-state index in [4.69, 9.17) is 16.7 Å². The second kappa shape index (κ2) is 6.38. The maximum Gasteiger partial charge on any atom is 0.310 e. The molecule has 0 saturated carbocycles. The number of hydrogen-bond acceptors (Lipinski definition) is 4. The molecule has 1 rings (SSSR count). The minimum absolute atomic E-state index is 0.0449. The van der Waals surface area contributed by atoms with Crippen LogP contribution in [0.25, 0.3) is 0 Å². The molecule has 0 amide bonds. The molecule has 1 atom stereocenters. The maximum absolute atomic E-state index is 11.1. The van der Waals surface area contributed by atoms with E-state index in [1.165, 1.54) is 6.07 Å². The number of anilines is 1. The van der Waals surface area contributed by atoms with Gasteiger partial charge in [0.1, 0.15) is 10.7 Å². The number of nitro groups is 1. The summed E-state index contributed by atoms with van der Waals surface area (Å²) in [6.45, 7) is 3.97. The van der Waals surface area contributed by atoms with Gasteiger partial charge in [0.15, 0.2) is 0 Å². The Morgan fingerprint density at radius 2 is 2.21 bits per heavy atom. The fraction of sp³-hybridized carbons (Fsp3) is 0.417. The van der Waals surface area contributed by atoms with Gasteiger partial charge in [0, 0.05) is 12.6 Å². The van der Waals surface area contributed by atoms with E-state index in [-0.39, 0.29) is 23.2 Å². The zero-order valence-corrected chi connectivity index (χ0v) is 11.4. The van der Waals surface area contributed by atoms with Crippen molar-refractivity contribution >= 4 is 28.9 Å². The van der Waals surface area contributed by atoms with E-state index in [1.807, 2.05) is 6.92 Å². The van der Waals surface area contributed by atoms with Crippen LogP contribution in [0.4, 0.5) is 11.4 Å². The second-order valence-electron chi connectivity index (χ2n) is 4.10. The van der Waals surface area contributed by atoms with Gasteiger partial charge < -0.3 is 10.0 Å². The summed E-state index contributed by atoms with van der Waals surface area (Å²) in [5.74, 6) is -0.948. The smallest absolute Gasteiger partial charge is 0.310 e. The number of nitro benzene ring substituents is 1. The van der Waals surface area contributed by atoms with Crippen molar-refractivity contribution in [3.8, 4) is 0 Å². The molecule has 0 saturated heterocycles.